The Bertz CT molecular complexity index is 1380. The molecule has 0 fully saturated rings. The molecule has 0 radical (unpaired) electrons. The largest absolute Gasteiger partial charge is 0.350 e. The fraction of sp³-hybridized carbons (Fsp3) is 0.0800. The van der Waals surface area contributed by atoms with Crippen LogP contribution in [-0.4, -0.2) is 17.7 Å². The van der Waals surface area contributed by atoms with Crippen molar-refractivity contribution in [1.82, 2.24) is 0 Å². The molecule has 1 heterocycles. The number of hydrogen-bond donors (Lipinski definition) is 2. The molecule has 2 N–H and O–H groups in total. The van der Waals surface area contributed by atoms with E-state index < -0.39 is 17.7 Å². The van der Waals surface area contributed by atoms with Gasteiger partial charge in [0.15, 0.2) is 0 Å². The van der Waals surface area contributed by atoms with Crippen LogP contribution in [0.2, 0.25) is 10.0 Å². The lowest BCUT2D eigenvalue weighted by molar-refractivity contribution is -0.120. The molecular formula is C25H18Cl3N3O3. The van der Waals surface area contributed by atoms with E-state index in [9.17, 15) is 14.4 Å². The van der Waals surface area contributed by atoms with E-state index in [4.69, 9.17) is 34.8 Å². The molecule has 0 spiro atoms. The zero-order valence-corrected chi connectivity index (χ0v) is 20.3. The van der Waals surface area contributed by atoms with E-state index in [0.717, 1.165) is 16.0 Å². The predicted octanol–water partition coefficient (Wildman–Crippen LogP) is 6.30. The van der Waals surface area contributed by atoms with Gasteiger partial charge in [-0.3, -0.25) is 14.4 Å². The summed E-state index contributed by atoms with van der Waals surface area (Å²) in [5.41, 5.74) is 3.28. The fourth-order valence-electron chi connectivity index (χ4n) is 3.45. The highest BCUT2D eigenvalue weighted by molar-refractivity contribution is 6.53. The van der Waals surface area contributed by atoms with Crippen molar-refractivity contribution in [3.8, 4) is 0 Å². The second kappa shape index (κ2) is 9.50. The van der Waals surface area contributed by atoms with E-state index in [-0.39, 0.29) is 10.7 Å². The smallest absolute Gasteiger partial charge is 0.283 e. The number of hydrogen-bond acceptors (Lipinski definition) is 4. The van der Waals surface area contributed by atoms with Crippen LogP contribution in [0.5, 0.6) is 0 Å². The van der Waals surface area contributed by atoms with Crippen molar-refractivity contribution in [2.75, 3.05) is 15.5 Å². The lowest BCUT2D eigenvalue weighted by Gasteiger charge is -2.18. The molecule has 0 bridgehead atoms. The van der Waals surface area contributed by atoms with Crippen molar-refractivity contribution >= 4 is 69.6 Å². The van der Waals surface area contributed by atoms with E-state index in [1.807, 2.05) is 26.0 Å². The molecule has 0 aromatic heterocycles. The summed E-state index contributed by atoms with van der Waals surface area (Å²) in [6, 6.07) is 16.7. The number of benzene rings is 3. The van der Waals surface area contributed by atoms with E-state index in [1.165, 1.54) is 0 Å². The first kappa shape index (κ1) is 23.8. The lowest BCUT2D eigenvalue weighted by atomic mass is 10.1. The van der Waals surface area contributed by atoms with Crippen molar-refractivity contribution < 1.29 is 14.4 Å². The van der Waals surface area contributed by atoms with Crippen LogP contribution in [0.25, 0.3) is 0 Å². The molecule has 3 aromatic carbocycles. The topological polar surface area (TPSA) is 78.5 Å². The van der Waals surface area contributed by atoms with Crippen LogP contribution in [0, 0.1) is 13.8 Å². The summed E-state index contributed by atoms with van der Waals surface area (Å²) in [6.07, 6.45) is 0. The maximum absolute atomic E-state index is 13.1. The van der Waals surface area contributed by atoms with Crippen LogP contribution >= 0.6 is 34.8 Å². The first-order valence-corrected chi connectivity index (χ1v) is 11.3. The number of carbonyl (C=O) groups is 3. The summed E-state index contributed by atoms with van der Waals surface area (Å²) in [7, 11) is 0. The van der Waals surface area contributed by atoms with Crippen molar-refractivity contribution in [3.05, 3.63) is 98.1 Å². The number of halogens is 3. The van der Waals surface area contributed by atoms with Gasteiger partial charge in [0.25, 0.3) is 17.7 Å². The first-order chi connectivity index (χ1) is 16.2. The highest BCUT2D eigenvalue weighted by atomic mass is 35.5. The minimum Gasteiger partial charge on any atom is -0.350 e. The average Bonchev–Trinajstić information content (AvgIpc) is 3.01. The van der Waals surface area contributed by atoms with Crippen LogP contribution in [0.1, 0.15) is 21.5 Å². The van der Waals surface area contributed by atoms with E-state index in [0.29, 0.717) is 32.7 Å². The summed E-state index contributed by atoms with van der Waals surface area (Å²) >= 11 is 18.2. The standard InChI is InChI=1S/C25H18Cl3N3O3/c1-13-6-7-14(2)20(10-13)31-24(33)21(28)22(25(31)34)29-16-5-3-4-15(11-16)23(32)30-17-8-9-18(26)19(27)12-17/h3-12,29H,1-2H3,(H,30,32). The third kappa shape index (κ3) is 4.66. The second-order valence-corrected chi connectivity index (χ2v) is 8.91. The molecule has 9 heteroatoms. The Hall–Kier alpha value is -3.32. The third-order valence-corrected chi connectivity index (χ3v) is 6.29. The number of carbonyl (C=O) groups excluding carboxylic acids is 3. The van der Waals surface area contributed by atoms with Crippen molar-refractivity contribution in [1.29, 1.82) is 0 Å². The molecule has 3 aromatic rings. The average molecular weight is 515 g/mol. The number of nitrogens with zero attached hydrogens (tertiary/aromatic N) is 1. The Morgan fingerprint density at radius 3 is 2.32 bits per heavy atom. The number of anilines is 3. The maximum Gasteiger partial charge on any atom is 0.283 e. The summed E-state index contributed by atoms with van der Waals surface area (Å²) < 4.78 is 0. The van der Waals surface area contributed by atoms with Crippen LogP contribution in [-0.2, 0) is 9.59 Å². The zero-order valence-electron chi connectivity index (χ0n) is 18.1. The highest BCUT2D eigenvalue weighted by Gasteiger charge is 2.39. The SMILES string of the molecule is Cc1ccc(C)c(N2C(=O)C(Cl)=C(Nc3cccc(C(=O)Nc4ccc(Cl)c(Cl)c4)c3)C2=O)c1. The Labute approximate surface area is 211 Å². The number of amides is 3. The molecular weight excluding hydrogens is 497 g/mol. The molecule has 4 rings (SSSR count). The molecule has 0 unspecified atom stereocenters. The van der Waals surface area contributed by atoms with E-state index >= 15 is 0 Å². The lowest BCUT2D eigenvalue weighted by Crippen LogP contribution is -2.33. The van der Waals surface area contributed by atoms with Crippen molar-refractivity contribution in [2.45, 2.75) is 13.8 Å². The normalized spacial score (nSPS) is 13.5. The number of nitrogens with one attached hydrogen (secondary N) is 2. The van der Waals surface area contributed by atoms with Gasteiger partial charge >= 0.3 is 0 Å². The predicted molar refractivity (Wildman–Crippen MR) is 136 cm³/mol. The summed E-state index contributed by atoms with van der Waals surface area (Å²) in [5, 5.41) is 6.10. The van der Waals surface area contributed by atoms with Crippen LogP contribution < -0.4 is 15.5 Å². The maximum atomic E-state index is 13.1. The molecule has 0 saturated heterocycles. The summed E-state index contributed by atoms with van der Waals surface area (Å²) in [6.45, 7) is 3.68. The monoisotopic (exact) mass is 513 g/mol. The molecule has 34 heavy (non-hydrogen) atoms. The van der Waals surface area contributed by atoms with E-state index in [1.54, 1.807) is 48.5 Å². The van der Waals surface area contributed by atoms with Gasteiger partial charge in [0.05, 0.1) is 15.7 Å². The highest BCUT2D eigenvalue weighted by Crippen LogP contribution is 2.32. The third-order valence-electron chi connectivity index (χ3n) is 5.20. The summed E-state index contributed by atoms with van der Waals surface area (Å²) in [4.78, 5) is 39.7. The molecule has 1 aliphatic rings. The number of imide groups is 1. The van der Waals surface area contributed by atoms with Gasteiger partial charge in [0.2, 0.25) is 0 Å². The zero-order chi connectivity index (χ0) is 24.6. The Morgan fingerprint density at radius 2 is 1.59 bits per heavy atom. The first-order valence-electron chi connectivity index (χ1n) is 10.1. The van der Waals surface area contributed by atoms with Gasteiger partial charge in [-0.2, -0.15) is 0 Å². The van der Waals surface area contributed by atoms with Gasteiger partial charge in [0, 0.05) is 16.9 Å². The van der Waals surface area contributed by atoms with Crippen molar-refractivity contribution in [2.24, 2.45) is 0 Å². The molecule has 0 atom stereocenters. The van der Waals surface area contributed by atoms with Gasteiger partial charge in [-0.1, -0.05) is 53.0 Å². The van der Waals surface area contributed by atoms with Gasteiger partial charge in [-0.15, -0.1) is 0 Å². The van der Waals surface area contributed by atoms with Gasteiger partial charge in [-0.05, 0) is 67.4 Å². The van der Waals surface area contributed by atoms with Gasteiger partial charge in [-0.25, -0.2) is 4.90 Å². The molecule has 0 saturated carbocycles. The Kier molecular flexibility index (Phi) is 6.66. The van der Waals surface area contributed by atoms with Crippen LogP contribution in [0.3, 0.4) is 0 Å². The van der Waals surface area contributed by atoms with Crippen LogP contribution in [0.15, 0.2) is 71.4 Å². The minimum absolute atomic E-state index is 0.0605. The molecule has 1 aliphatic heterocycles. The number of rotatable bonds is 5. The molecule has 6 nitrogen and oxygen atoms in total. The van der Waals surface area contributed by atoms with Crippen LogP contribution in [0.4, 0.5) is 17.1 Å². The fourth-order valence-corrected chi connectivity index (χ4v) is 3.96. The Morgan fingerprint density at radius 1 is 0.824 bits per heavy atom. The quantitative estimate of drug-likeness (QED) is 0.392. The second-order valence-electron chi connectivity index (χ2n) is 7.71. The van der Waals surface area contributed by atoms with E-state index in [2.05, 4.69) is 10.6 Å². The number of aryl methyl sites for hydroxylation is 2. The molecule has 3 amide bonds. The summed E-state index contributed by atoms with van der Waals surface area (Å²) in [5.74, 6) is -1.58. The van der Waals surface area contributed by atoms with Gasteiger partial charge in [0.1, 0.15) is 10.7 Å². The Balaban J connectivity index is 1.56. The minimum atomic E-state index is -0.614. The van der Waals surface area contributed by atoms with Gasteiger partial charge < -0.3 is 10.6 Å². The van der Waals surface area contributed by atoms with Crippen molar-refractivity contribution in [3.63, 3.8) is 0 Å². The molecule has 172 valence electrons. The molecule has 0 aliphatic carbocycles.